The third kappa shape index (κ3) is 15.3. The Morgan fingerprint density at radius 2 is 0.670 bits per heavy atom. The maximum atomic E-state index is 6.54. The first-order chi connectivity index (χ1) is 48.5. The van der Waals surface area contributed by atoms with Crippen LogP contribution in [0.1, 0.15) is 55.4 Å². The summed E-state index contributed by atoms with van der Waals surface area (Å²) < 4.78 is 122. The van der Waals surface area contributed by atoms with Crippen molar-refractivity contribution in [2.75, 3.05) is 119 Å². The van der Waals surface area contributed by atoms with E-state index in [1.54, 1.807) is 0 Å². The van der Waals surface area contributed by atoms with E-state index in [1.807, 2.05) is 140 Å². The summed E-state index contributed by atoms with van der Waals surface area (Å²) in [4.78, 5) is 38.0. The molecular weight excluding hydrogens is 1300 g/mol. The summed E-state index contributed by atoms with van der Waals surface area (Å²) in [5.74, 6) is -0.329. The number of H-pyrrole nitrogens is 2. The summed E-state index contributed by atoms with van der Waals surface area (Å²) in [5.41, 5.74) is 5.31. The van der Waals surface area contributed by atoms with Gasteiger partial charge in [0.2, 0.25) is 0 Å². The number of hydrogen-bond acceptors (Lipinski definition) is 26. The van der Waals surface area contributed by atoms with Gasteiger partial charge in [0.25, 0.3) is 0 Å². The molecule has 0 unspecified atom stereocenters. The number of rotatable bonds is 30. The third-order valence-corrected chi connectivity index (χ3v) is 18.0. The van der Waals surface area contributed by atoms with Crippen LogP contribution in [0, 0.1) is 0 Å². The summed E-state index contributed by atoms with van der Waals surface area (Å²) in [7, 11) is 0. The van der Waals surface area contributed by atoms with Crippen LogP contribution in [-0.4, -0.2) is 243 Å². The van der Waals surface area contributed by atoms with Crippen LogP contribution in [0.5, 0.6) is 11.5 Å². The van der Waals surface area contributed by atoms with Gasteiger partial charge in [-0.2, -0.15) is 0 Å². The van der Waals surface area contributed by atoms with E-state index in [0.717, 1.165) is 32.7 Å². The van der Waals surface area contributed by atoms with E-state index in [2.05, 4.69) is 9.97 Å². The van der Waals surface area contributed by atoms with Gasteiger partial charge in [-0.3, -0.25) is 0 Å². The van der Waals surface area contributed by atoms with Crippen LogP contribution in [0.25, 0.3) is 89.7 Å². The lowest BCUT2D eigenvalue weighted by molar-refractivity contribution is -0.236. The van der Waals surface area contributed by atoms with Crippen LogP contribution < -0.4 is 9.47 Å². The lowest BCUT2D eigenvalue weighted by Gasteiger charge is -2.29. The van der Waals surface area contributed by atoms with Gasteiger partial charge in [0, 0.05) is 43.8 Å². The summed E-state index contributed by atoms with van der Waals surface area (Å²) in [6.07, 6.45) is -4.33. The Kier molecular flexibility index (Phi) is 20.3. The second-order valence-electron chi connectivity index (χ2n) is 27.0. The first-order valence-corrected chi connectivity index (χ1v) is 34.4. The Labute approximate surface area is 577 Å². The quantitative estimate of drug-likeness (QED) is 0.0398. The molecule has 28 nitrogen and oxygen atoms in total. The molecule has 0 spiro atoms. The standard InChI is InChI=1S/C72H86N8O20/c1-69(2)91-39-51(95-69)53-55(57-67(93-53)99-71(5,6)97-57)89-35-31-85-27-23-81-21-25-83-29-33-87-49-37-47-48(38-50(49)88-34-30-84-26-22-82-24-28-86-32-36-90-56-54(52-40-92-70(3,4)96-52)94-68-58(56)98-72(7,8)100-68)66-79-64-46-20-14-12-18-44(46)62(77-64)75-60-42-16-10-9-15-41(42)59(73-60)74-61-43-17-11-13-19-45(43)63(76-61)78-65(47)80-66/h9-20,37-38,51-58,67-68H,21-36,39-40H2,1-8H3,(H2,73,74,75,76,77,78,79,80)/t51-,52-,53+,54+,55-,56-,57+,58+,67+,68+/m0/s1. The van der Waals surface area contributed by atoms with E-state index in [1.165, 1.54) is 0 Å². The molecule has 8 aliphatic heterocycles. The number of nitrogens with zero attached hydrogens (tertiary/aromatic N) is 6. The van der Waals surface area contributed by atoms with Crippen LogP contribution in [0.3, 0.4) is 0 Å². The normalized spacial score (nSPS) is 25.8. The fourth-order valence-electron chi connectivity index (χ4n) is 13.6. The molecule has 4 aromatic carbocycles. The molecule has 8 aliphatic rings. The fourth-order valence-corrected chi connectivity index (χ4v) is 13.6. The molecule has 3 aromatic heterocycles. The van der Waals surface area contributed by atoms with E-state index < -0.39 is 72.4 Å². The minimum absolute atomic E-state index is 0.178. The number of fused-ring (bicyclic) bond motifs is 22. The van der Waals surface area contributed by atoms with Crippen molar-refractivity contribution in [3.63, 3.8) is 0 Å². The minimum Gasteiger partial charge on any atom is -0.487 e. The van der Waals surface area contributed by atoms with Gasteiger partial charge in [0.1, 0.15) is 84.6 Å². The fraction of sp³-hybridized carbons (Fsp3) is 0.556. The first-order valence-electron chi connectivity index (χ1n) is 34.4. The highest BCUT2D eigenvalue weighted by atomic mass is 16.9. The van der Waals surface area contributed by atoms with Crippen LogP contribution in [0.2, 0.25) is 0 Å². The Morgan fingerprint density at radius 3 is 1.01 bits per heavy atom. The predicted octanol–water partition coefficient (Wildman–Crippen LogP) is 8.55. The lowest BCUT2D eigenvalue weighted by atomic mass is 10.1. The Hall–Kier alpha value is -6.88. The van der Waals surface area contributed by atoms with Crippen molar-refractivity contribution in [1.29, 1.82) is 0 Å². The lowest BCUT2D eigenvalue weighted by Crippen LogP contribution is -2.44. The second kappa shape index (κ2) is 29.5. The van der Waals surface area contributed by atoms with Crippen molar-refractivity contribution in [2.24, 2.45) is 0 Å². The molecule has 28 heteroatoms. The van der Waals surface area contributed by atoms with E-state index in [9.17, 15) is 0 Å². The van der Waals surface area contributed by atoms with Gasteiger partial charge in [0.05, 0.1) is 106 Å². The van der Waals surface area contributed by atoms with Gasteiger partial charge in [-0.05, 0) is 67.5 Å². The van der Waals surface area contributed by atoms with Crippen molar-refractivity contribution >= 4 is 44.1 Å². The SMILES string of the molecule is CC1(C)O[C@H]2O[C@H]([C@@H]3COC(C)(C)O3)[C@H](OCCOCCOCCOCCOc3cc4c(cc3OCCOCCOCCOCCO[C@@H]3[C@H]5OC(C)(C)O[C@H]5O[C@@H]3[C@@H]3COC(C)(C)O3)-c3nc-4nc4[nH]c(nc5nc(nc6[nH]c(n3)c3ccccc63)-c3ccccc3-5)c3ccccc43)[C@H]2O1. The van der Waals surface area contributed by atoms with Crippen LogP contribution in [-0.2, 0) is 85.3 Å². The molecule has 8 bridgehead atoms. The van der Waals surface area contributed by atoms with Gasteiger partial charge in [-0.25, -0.2) is 29.9 Å². The Balaban J connectivity index is 0.584. The number of nitrogens with one attached hydrogen (secondary N) is 2. The summed E-state index contributed by atoms with van der Waals surface area (Å²) in [6.45, 7) is 20.6. The second-order valence-corrected chi connectivity index (χ2v) is 27.0. The van der Waals surface area contributed by atoms with Crippen molar-refractivity contribution < 1.29 is 94.7 Å². The minimum atomic E-state index is -0.795. The summed E-state index contributed by atoms with van der Waals surface area (Å²) in [5, 5.41) is 3.39. The first kappa shape index (κ1) is 68.9. The van der Waals surface area contributed by atoms with Crippen LogP contribution in [0.15, 0.2) is 84.9 Å². The van der Waals surface area contributed by atoms with Crippen LogP contribution >= 0.6 is 0 Å². The molecule has 10 atom stereocenters. The highest BCUT2D eigenvalue weighted by Crippen LogP contribution is 2.46. The zero-order chi connectivity index (χ0) is 68.6. The number of benzene rings is 4. The van der Waals surface area contributed by atoms with E-state index in [0.29, 0.717) is 161 Å². The molecular formula is C72H86N8O20. The molecule has 2 N–H and O–H groups in total. The molecule has 534 valence electrons. The molecule has 0 amide bonds. The predicted molar refractivity (Wildman–Crippen MR) is 359 cm³/mol. The Morgan fingerprint density at radius 1 is 0.350 bits per heavy atom. The molecule has 0 radical (unpaired) electrons. The average Bonchev–Trinajstić information content (AvgIpc) is 1.61. The van der Waals surface area contributed by atoms with Gasteiger partial charge in [-0.1, -0.05) is 72.8 Å². The molecule has 7 aromatic rings. The van der Waals surface area contributed by atoms with E-state index >= 15 is 0 Å². The third-order valence-electron chi connectivity index (χ3n) is 18.0. The van der Waals surface area contributed by atoms with Crippen molar-refractivity contribution in [1.82, 2.24) is 39.9 Å². The molecule has 15 rings (SSSR count). The highest BCUT2D eigenvalue weighted by Gasteiger charge is 2.60. The van der Waals surface area contributed by atoms with Crippen molar-refractivity contribution in [2.45, 2.75) is 140 Å². The highest BCUT2D eigenvalue weighted by molar-refractivity contribution is 6.06. The van der Waals surface area contributed by atoms with E-state index in [-0.39, 0.29) is 38.6 Å². The molecule has 11 heterocycles. The molecule has 6 fully saturated rings. The van der Waals surface area contributed by atoms with Crippen molar-refractivity contribution in [3.05, 3.63) is 84.9 Å². The maximum absolute atomic E-state index is 6.54. The zero-order valence-corrected chi connectivity index (χ0v) is 57.4. The van der Waals surface area contributed by atoms with Gasteiger partial charge < -0.3 is 105 Å². The van der Waals surface area contributed by atoms with Gasteiger partial charge in [0.15, 0.2) is 70.5 Å². The number of aromatic amines is 2. The van der Waals surface area contributed by atoms with E-state index in [4.69, 9.17) is 125 Å². The summed E-state index contributed by atoms with van der Waals surface area (Å²) >= 11 is 0. The number of aromatic nitrogens is 8. The number of hydrogen-bond donors (Lipinski definition) is 2. The van der Waals surface area contributed by atoms with Gasteiger partial charge in [-0.15, -0.1) is 0 Å². The monoisotopic (exact) mass is 1380 g/mol. The topological polar surface area (TPSA) is 294 Å². The number of ether oxygens (including phenoxy) is 20. The largest absolute Gasteiger partial charge is 0.487 e. The molecule has 100 heavy (non-hydrogen) atoms. The Bertz CT molecular complexity index is 3950. The molecule has 0 saturated carbocycles. The average molecular weight is 1380 g/mol. The van der Waals surface area contributed by atoms with Crippen molar-refractivity contribution in [3.8, 4) is 57.1 Å². The molecule has 0 aliphatic carbocycles. The van der Waals surface area contributed by atoms with Gasteiger partial charge >= 0.3 is 0 Å². The molecule has 6 saturated heterocycles. The zero-order valence-electron chi connectivity index (χ0n) is 57.4. The van der Waals surface area contributed by atoms with Crippen LogP contribution in [0.4, 0.5) is 0 Å². The smallest absolute Gasteiger partial charge is 0.190 e. The maximum Gasteiger partial charge on any atom is 0.190 e. The summed E-state index contributed by atoms with van der Waals surface area (Å²) in [6, 6.07) is 27.6.